The van der Waals surface area contributed by atoms with E-state index in [1.165, 1.54) is 18.3 Å². The molecule has 0 fully saturated rings. The van der Waals surface area contributed by atoms with Crippen LogP contribution in [0.2, 0.25) is 0 Å². The second-order valence-electron chi connectivity index (χ2n) is 4.99. The molecular weight excluding hydrogens is 284 g/mol. The molecule has 0 aliphatic carbocycles. The molecule has 2 nitrogen and oxygen atoms in total. The molecule has 110 valence electrons. The van der Waals surface area contributed by atoms with Gasteiger partial charge in [0.2, 0.25) is 0 Å². The van der Waals surface area contributed by atoms with Gasteiger partial charge in [0, 0.05) is 19.3 Å². The van der Waals surface area contributed by atoms with Crippen molar-refractivity contribution in [1.82, 2.24) is 4.98 Å². The maximum absolute atomic E-state index is 13.1. The minimum Gasteiger partial charge on any atom is -0.352 e. The van der Waals surface area contributed by atoms with E-state index >= 15 is 0 Å². The van der Waals surface area contributed by atoms with Gasteiger partial charge in [-0.1, -0.05) is 6.07 Å². The fourth-order valence-electron chi connectivity index (χ4n) is 2.48. The average Bonchev–Trinajstić information content (AvgIpc) is 2.46. The number of aromatic nitrogens is 1. The lowest BCUT2D eigenvalue weighted by Gasteiger charge is -2.30. The zero-order chi connectivity index (χ0) is 15.0. The summed E-state index contributed by atoms with van der Waals surface area (Å²) in [5.41, 5.74) is 1.11. The Labute approximate surface area is 119 Å². The third-order valence-corrected chi connectivity index (χ3v) is 3.58. The number of hydrogen-bond donors (Lipinski definition) is 0. The van der Waals surface area contributed by atoms with Crippen LogP contribution in [-0.4, -0.2) is 11.5 Å². The lowest BCUT2D eigenvalue weighted by Crippen LogP contribution is -2.31. The Hall–Kier alpha value is -2.11. The smallest absolute Gasteiger partial charge is 0.352 e. The molecule has 0 atom stereocenters. The summed E-state index contributed by atoms with van der Waals surface area (Å²) in [6, 6.07) is 6.52. The quantitative estimate of drug-likeness (QED) is 0.744. The molecule has 0 bridgehead atoms. The van der Waals surface area contributed by atoms with E-state index in [1.807, 2.05) is 0 Å². The predicted molar refractivity (Wildman–Crippen MR) is 70.4 cm³/mol. The Bertz CT molecular complexity index is 667. The van der Waals surface area contributed by atoms with E-state index in [1.54, 1.807) is 11.0 Å². The third kappa shape index (κ3) is 2.84. The highest BCUT2D eigenvalue weighted by molar-refractivity contribution is 5.46. The number of rotatable bonds is 1. The van der Waals surface area contributed by atoms with Gasteiger partial charge in [-0.25, -0.2) is 9.37 Å². The first-order valence-electron chi connectivity index (χ1n) is 6.49. The van der Waals surface area contributed by atoms with Crippen molar-refractivity contribution < 1.29 is 17.6 Å². The molecule has 21 heavy (non-hydrogen) atoms. The summed E-state index contributed by atoms with van der Waals surface area (Å²) in [4.78, 5) is 5.79. The summed E-state index contributed by atoms with van der Waals surface area (Å²) in [5.74, 6) is -0.000747. The Balaban J connectivity index is 1.88. The standard InChI is InChI=1S/C15H12F4N2/c16-13-2-1-11-9-21(6-4-10(11)7-13)14-8-12(3-5-20-14)15(17,18)19/h1-3,5,7-8H,4,6,9H2. The van der Waals surface area contributed by atoms with Crippen LogP contribution in [0.3, 0.4) is 0 Å². The van der Waals surface area contributed by atoms with E-state index in [2.05, 4.69) is 4.98 Å². The van der Waals surface area contributed by atoms with Crippen molar-refractivity contribution in [2.45, 2.75) is 19.1 Å². The fourth-order valence-corrected chi connectivity index (χ4v) is 2.48. The second-order valence-corrected chi connectivity index (χ2v) is 4.99. The number of pyridine rings is 1. The van der Waals surface area contributed by atoms with Crippen molar-refractivity contribution in [2.75, 3.05) is 11.4 Å². The Kier molecular flexibility index (Phi) is 3.31. The van der Waals surface area contributed by atoms with Crippen LogP contribution < -0.4 is 4.90 Å². The summed E-state index contributed by atoms with van der Waals surface area (Å²) >= 11 is 0. The molecule has 0 saturated heterocycles. The molecule has 0 spiro atoms. The van der Waals surface area contributed by atoms with Crippen LogP contribution in [0.15, 0.2) is 36.5 Å². The molecular formula is C15H12F4N2. The molecule has 0 amide bonds. The van der Waals surface area contributed by atoms with Crippen molar-refractivity contribution >= 4 is 5.82 Å². The average molecular weight is 296 g/mol. The van der Waals surface area contributed by atoms with E-state index in [0.29, 0.717) is 25.3 Å². The number of alkyl halides is 3. The maximum atomic E-state index is 13.1. The van der Waals surface area contributed by atoms with Gasteiger partial charge in [0.25, 0.3) is 0 Å². The summed E-state index contributed by atoms with van der Waals surface area (Å²) in [6.07, 6.45) is -2.63. The zero-order valence-corrected chi connectivity index (χ0v) is 11.0. The second kappa shape index (κ2) is 5.02. The topological polar surface area (TPSA) is 16.1 Å². The maximum Gasteiger partial charge on any atom is 0.416 e. The Morgan fingerprint density at radius 1 is 1.05 bits per heavy atom. The summed E-state index contributed by atoms with van der Waals surface area (Å²) in [6.45, 7) is 0.953. The number of halogens is 4. The van der Waals surface area contributed by atoms with Crippen LogP contribution in [0.4, 0.5) is 23.4 Å². The van der Waals surface area contributed by atoms with Gasteiger partial charge < -0.3 is 4.90 Å². The van der Waals surface area contributed by atoms with Gasteiger partial charge in [0.1, 0.15) is 11.6 Å². The van der Waals surface area contributed by atoms with Crippen LogP contribution in [0.25, 0.3) is 0 Å². The molecule has 0 saturated carbocycles. The summed E-state index contributed by atoms with van der Waals surface area (Å²) in [7, 11) is 0. The van der Waals surface area contributed by atoms with Crippen molar-refractivity contribution in [3.05, 3.63) is 59.0 Å². The Morgan fingerprint density at radius 2 is 1.86 bits per heavy atom. The molecule has 2 heterocycles. The molecule has 0 unspecified atom stereocenters. The summed E-state index contributed by atoms with van der Waals surface area (Å²) in [5, 5.41) is 0. The van der Waals surface area contributed by atoms with Gasteiger partial charge in [-0.15, -0.1) is 0 Å². The first-order valence-corrected chi connectivity index (χ1v) is 6.49. The monoisotopic (exact) mass is 296 g/mol. The van der Waals surface area contributed by atoms with E-state index in [-0.39, 0.29) is 5.82 Å². The SMILES string of the molecule is Fc1ccc2c(c1)CCN(c1cc(C(F)(F)F)ccn1)C2. The van der Waals surface area contributed by atoms with Crippen molar-refractivity contribution in [3.63, 3.8) is 0 Å². The van der Waals surface area contributed by atoms with Crippen LogP contribution in [0, 0.1) is 5.82 Å². The Morgan fingerprint density at radius 3 is 2.62 bits per heavy atom. The van der Waals surface area contributed by atoms with Gasteiger partial charge >= 0.3 is 6.18 Å². The van der Waals surface area contributed by atoms with E-state index in [9.17, 15) is 17.6 Å². The van der Waals surface area contributed by atoms with Gasteiger partial charge in [0.15, 0.2) is 0 Å². The predicted octanol–water partition coefficient (Wildman–Crippen LogP) is 3.80. The van der Waals surface area contributed by atoms with E-state index in [0.717, 1.165) is 23.3 Å². The van der Waals surface area contributed by atoms with Gasteiger partial charge in [0.05, 0.1) is 5.56 Å². The zero-order valence-electron chi connectivity index (χ0n) is 11.0. The molecule has 1 aliphatic rings. The van der Waals surface area contributed by atoms with Gasteiger partial charge in [-0.2, -0.15) is 13.2 Å². The van der Waals surface area contributed by atoms with Crippen molar-refractivity contribution in [2.24, 2.45) is 0 Å². The lowest BCUT2D eigenvalue weighted by molar-refractivity contribution is -0.137. The molecule has 0 N–H and O–H groups in total. The highest BCUT2D eigenvalue weighted by atomic mass is 19.4. The largest absolute Gasteiger partial charge is 0.416 e. The van der Waals surface area contributed by atoms with Gasteiger partial charge in [-0.05, 0) is 41.8 Å². The van der Waals surface area contributed by atoms with Crippen LogP contribution in [0.5, 0.6) is 0 Å². The number of fused-ring (bicyclic) bond motifs is 1. The summed E-state index contributed by atoms with van der Waals surface area (Å²) < 4.78 is 51.3. The highest BCUT2D eigenvalue weighted by Gasteiger charge is 2.31. The lowest BCUT2D eigenvalue weighted by atomic mass is 9.99. The molecule has 6 heteroatoms. The molecule has 1 aromatic heterocycles. The van der Waals surface area contributed by atoms with E-state index < -0.39 is 11.7 Å². The third-order valence-electron chi connectivity index (χ3n) is 3.58. The minimum atomic E-state index is -4.38. The van der Waals surface area contributed by atoms with Crippen LogP contribution in [-0.2, 0) is 19.1 Å². The van der Waals surface area contributed by atoms with Crippen LogP contribution in [0.1, 0.15) is 16.7 Å². The molecule has 1 aliphatic heterocycles. The molecule has 0 radical (unpaired) electrons. The molecule has 3 rings (SSSR count). The number of nitrogens with zero attached hydrogens (tertiary/aromatic N) is 2. The molecule has 1 aromatic carbocycles. The number of anilines is 1. The minimum absolute atomic E-state index is 0.291. The van der Waals surface area contributed by atoms with Crippen molar-refractivity contribution in [3.8, 4) is 0 Å². The highest BCUT2D eigenvalue weighted by Crippen LogP contribution is 2.32. The van der Waals surface area contributed by atoms with Gasteiger partial charge in [-0.3, -0.25) is 0 Å². The first-order chi connectivity index (χ1) is 9.93. The number of hydrogen-bond acceptors (Lipinski definition) is 2. The fraction of sp³-hybridized carbons (Fsp3) is 0.267. The molecule has 2 aromatic rings. The van der Waals surface area contributed by atoms with Crippen molar-refractivity contribution in [1.29, 1.82) is 0 Å². The van der Waals surface area contributed by atoms with E-state index in [4.69, 9.17) is 0 Å². The first kappa shape index (κ1) is 13.9. The number of benzene rings is 1. The van der Waals surface area contributed by atoms with Crippen LogP contribution >= 0.6 is 0 Å². The normalized spacial score (nSPS) is 15.0.